The summed E-state index contributed by atoms with van der Waals surface area (Å²) >= 11 is 2.01. The van der Waals surface area contributed by atoms with Gasteiger partial charge in [-0.25, -0.2) is 0 Å². The second-order valence-electron chi connectivity index (χ2n) is 6.17. The minimum absolute atomic E-state index is 0.207. The molecule has 1 heterocycles. The molecule has 1 aliphatic heterocycles. The highest BCUT2D eigenvalue weighted by Gasteiger charge is 2.34. The molecule has 0 aliphatic carbocycles. The number of thioether (sulfide) groups is 1. The second-order valence-corrected chi connectivity index (χ2v) is 7.52. The maximum atomic E-state index is 5.45. The molecule has 2 nitrogen and oxygen atoms in total. The zero-order valence-corrected chi connectivity index (χ0v) is 14.1. The third kappa shape index (κ3) is 3.08. The molecule has 1 aromatic rings. The van der Waals surface area contributed by atoms with E-state index in [0.717, 1.165) is 16.7 Å². The van der Waals surface area contributed by atoms with Crippen molar-refractivity contribution >= 4 is 11.8 Å². The van der Waals surface area contributed by atoms with E-state index in [0.29, 0.717) is 0 Å². The fourth-order valence-electron chi connectivity index (χ4n) is 2.98. The fraction of sp³-hybridized carbons (Fsp3) is 0.647. The zero-order valence-electron chi connectivity index (χ0n) is 13.3. The Hall–Kier alpha value is -0.830. The summed E-state index contributed by atoms with van der Waals surface area (Å²) in [4.78, 5) is 1.36. The topological polar surface area (TPSA) is 18.5 Å². The quantitative estimate of drug-likeness (QED) is 0.758. The highest BCUT2D eigenvalue weighted by atomic mass is 32.2. The van der Waals surface area contributed by atoms with E-state index in [9.17, 15) is 0 Å². The fourth-order valence-corrected chi connectivity index (χ4v) is 4.76. The number of unbranched alkanes of at least 4 members (excludes halogenated alkanes) is 1. The molecule has 0 fully saturated rings. The maximum Gasteiger partial charge on any atom is 0.161 e. The number of rotatable bonds is 5. The predicted octanol–water partition coefficient (Wildman–Crippen LogP) is 5.04. The number of benzene rings is 1. The van der Waals surface area contributed by atoms with Gasteiger partial charge in [-0.05, 0) is 36.0 Å². The van der Waals surface area contributed by atoms with Crippen LogP contribution in [-0.4, -0.2) is 19.5 Å². The Morgan fingerprint density at radius 3 is 2.45 bits per heavy atom. The van der Waals surface area contributed by atoms with Gasteiger partial charge in [0.25, 0.3) is 0 Å². The van der Waals surface area contributed by atoms with E-state index in [1.807, 2.05) is 11.8 Å². The minimum Gasteiger partial charge on any atom is -0.493 e. The molecule has 0 bridgehead atoms. The second kappa shape index (κ2) is 6.30. The van der Waals surface area contributed by atoms with Gasteiger partial charge in [0.1, 0.15) is 0 Å². The van der Waals surface area contributed by atoms with Gasteiger partial charge in [-0.2, -0.15) is 0 Å². The summed E-state index contributed by atoms with van der Waals surface area (Å²) in [5.41, 5.74) is 1.60. The Morgan fingerprint density at radius 2 is 1.85 bits per heavy atom. The molecule has 0 radical (unpaired) electrons. The lowest BCUT2D eigenvalue weighted by molar-refractivity contribution is 0.349. The number of hydrogen-bond donors (Lipinski definition) is 0. The molecule has 0 spiro atoms. The van der Waals surface area contributed by atoms with E-state index in [4.69, 9.17) is 9.47 Å². The van der Waals surface area contributed by atoms with Gasteiger partial charge in [-0.1, -0.05) is 33.6 Å². The average molecular weight is 294 g/mol. The normalized spacial score (nSPS) is 20.4. The lowest BCUT2D eigenvalue weighted by atomic mass is 9.79. The molecular formula is C17H26O2S. The van der Waals surface area contributed by atoms with Gasteiger partial charge in [0, 0.05) is 10.1 Å². The van der Waals surface area contributed by atoms with Gasteiger partial charge >= 0.3 is 0 Å². The first-order valence-electron chi connectivity index (χ1n) is 7.45. The van der Waals surface area contributed by atoms with Crippen LogP contribution in [0.15, 0.2) is 17.0 Å². The van der Waals surface area contributed by atoms with Crippen molar-refractivity contribution in [2.75, 3.05) is 14.2 Å². The lowest BCUT2D eigenvalue weighted by Crippen LogP contribution is -2.28. The summed E-state index contributed by atoms with van der Waals surface area (Å²) in [5.74, 6) is 1.68. The molecule has 20 heavy (non-hydrogen) atoms. The van der Waals surface area contributed by atoms with E-state index >= 15 is 0 Å². The smallest absolute Gasteiger partial charge is 0.161 e. The monoisotopic (exact) mass is 294 g/mol. The molecule has 0 aromatic heterocycles. The lowest BCUT2D eigenvalue weighted by Gasteiger charge is -2.37. The molecule has 1 aliphatic rings. The van der Waals surface area contributed by atoms with Gasteiger partial charge in [0.2, 0.25) is 0 Å². The summed E-state index contributed by atoms with van der Waals surface area (Å²) < 4.78 is 10.9. The molecule has 0 N–H and O–H groups in total. The summed E-state index contributed by atoms with van der Waals surface area (Å²) in [6, 6.07) is 4.32. The van der Waals surface area contributed by atoms with Crippen molar-refractivity contribution in [1.82, 2.24) is 0 Å². The van der Waals surface area contributed by atoms with Crippen LogP contribution in [0.2, 0.25) is 0 Å². The van der Waals surface area contributed by atoms with Crippen LogP contribution < -0.4 is 9.47 Å². The molecule has 0 saturated heterocycles. The molecule has 2 rings (SSSR count). The van der Waals surface area contributed by atoms with Gasteiger partial charge < -0.3 is 9.47 Å². The summed E-state index contributed by atoms with van der Waals surface area (Å²) in [5, 5.41) is 0.718. The standard InChI is InChI=1S/C17H26O2S/c1-6-7-8-12-11-17(2,3)13-9-14(18-4)15(19-5)10-16(13)20-12/h9-10,12H,6-8,11H2,1-5H3. The highest BCUT2D eigenvalue weighted by Crippen LogP contribution is 2.50. The van der Waals surface area contributed by atoms with Crippen molar-refractivity contribution < 1.29 is 9.47 Å². The van der Waals surface area contributed by atoms with Crippen LogP contribution in [0.3, 0.4) is 0 Å². The van der Waals surface area contributed by atoms with Crippen molar-refractivity contribution in [2.45, 2.75) is 62.0 Å². The molecule has 0 saturated carbocycles. The predicted molar refractivity (Wildman–Crippen MR) is 86.4 cm³/mol. The molecular weight excluding hydrogens is 268 g/mol. The SMILES string of the molecule is CCCCC1CC(C)(C)c2cc(OC)c(OC)cc2S1. The van der Waals surface area contributed by atoms with Gasteiger partial charge in [-0.15, -0.1) is 11.8 Å². The van der Waals surface area contributed by atoms with E-state index in [1.54, 1.807) is 14.2 Å². The summed E-state index contributed by atoms with van der Waals surface area (Å²) in [6.07, 6.45) is 5.13. The number of hydrogen-bond acceptors (Lipinski definition) is 3. The van der Waals surface area contributed by atoms with Crippen LogP contribution in [0.5, 0.6) is 11.5 Å². The molecule has 0 amide bonds. The van der Waals surface area contributed by atoms with Crippen molar-refractivity contribution in [1.29, 1.82) is 0 Å². The number of fused-ring (bicyclic) bond motifs is 1. The van der Waals surface area contributed by atoms with Crippen molar-refractivity contribution in [3.8, 4) is 11.5 Å². The van der Waals surface area contributed by atoms with Gasteiger partial charge in [0.15, 0.2) is 11.5 Å². The van der Waals surface area contributed by atoms with Gasteiger partial charge in [-0.3, -0.25) is 0 Å². The largest absolute Gasteiger partial charge is 0.493 e. The molecule has 112 valence electrons. The first-order valence-corrected chi connectivity index (χ1v) is 8.33. The zero-order chi connectivity index (χ0) is 14.8. The van der Waals surface area contributed by atoms with Crippen molar-refractivity contribution in [3.63, 3.8) is 0 Å². The Labute approximate surface area is 127 Å². The van der Waals surface area contributed by atoms with E-state index in [-0.39, 0.29) is 5.41 Å². The van der Waals surface area contributed by atoms with E-state index in [1.165, 1.54) is 36.1 Å². The molecule has 3 heteroatoms. The molecule has 1 aromatic carbocycles. The Kier molecular flexibility index (Phi) is 4.90. The molecule has 1 unspecified atom stereocenters. The van der Waals surface area contributed by atoms with E-state index in [2.05, 4.69) is 32.9 Å². The van der Waals surface area contributed by atoms with Crippen LogP contribution in [0.25, 0.3) is 0 Å². The van der Waals surface area contributed by atoms with Gasteiger partial charge in [0.05, 0.1) is 14.2 Å². The number of methoxy groups -OCH3 is 2. The summed E-state index contributed by atoms with van der Waals surface area (Å²) in [6.45, 7) is 6.95. The van der Waals surface area contributed by atoms with Crippen LogP contribution in [0, 0.1) is 0 Å². The van der Waals surface area contributed by atoms with Crippen LogP contribution in [0.4, 0.5) is 0 Å². The Morgan fingerprint density at radius 1 is 1.20 bits per heavy atom. The van der Waals surface area contributed by atoms with Crippen molar-refractivity contribution in [2.24, 2.45) is 0 Å². The Bertz CT molecular complexity index is 468. The first-order chi connectivity index (χ1) is 9.51. The van der Waals surface area contributed by atoms with Crippen LogP contribution in [0.1, 0.15) is 52.0 Å². The number of ether oxygens (including phenoxy) is 2. The average Bonchev–Trinajstić information content (AvgIpc) is 2.43. The van der Waals surface area contributed by atoms with Crippen LogP contribution >= 0.6 is 11.8 Å². The molecule has 1 atom stereocenters. The highest BCUT2D eigenvalue weighted by molar-refractivity contribution is 8.00. The van der Waals surface area contributed by atoms with E-state index < -0.39 is 0 Å². The minimum atomic E-state index is 0.207. The third-order valence-corrected chi connectivity index (χ3v) is 5.45. The van der Waals surface area contributed by atoms with Crippen LogP contribution in [-0.2, 0) is 5.41 Å². The summed E-state index contributed by atoms with van der Waals surface area (Å²) in [7, 11) is 3.41. The third-order valence-electron chi connectivity index (χ3n) is 4.13. The van der Waals surface area contributed by atoms with Crippen molar-refractivity contribution in [3.05, 3.63) is 17.7 Å². The Balaban J connectivity index is 2.35. The maximum absolute atomic E-state index is 5.45. The first kappa shape index (κ1) is 15.6.